The Labute approximate surface area is 132 Å². The molecule has 114 valence electrons. The maximum atomic E-state index is 13.9. The summed E-state index contributed by atoms with van der Waals surface area (Å²) in [7, 11) is 0. The maximum absolute atomic E-state index is 13.9. The highest BCUT2D eigenvalue weighted by Crippen LogP contribution is 2.27. The number of amides is 1. The Hall–Kier alpha value is -1.60. The van der Waals surface area contributed by atoms with Crippen molar-refractivity contribution < 1.29 is 9.18 Å². The van der Waals surface area contributed by atoms with E-state index in [1.807, 2.05) is 4.90 Å². The Bertz CT molecular complexity index is 549. The second-order valence-electron chi connectivity index (χ2n) is 4.84. The Kier molecular flexibility index (Phi) is 5.19. The minimum absolute atomic E-state index is 0.0176. The average Bonchev–Trinajstić information content (AvgIpc) is 2.45. The molecule has 1 amide bonds. The Balaban J connectivity index is 1.91. The normalized spacial score (nSPS) is 15.6. The van der Waals surface area contributed by atoms with Gasteiger partial charge in [-0.05, 0) is 43.3 Å². The Morgan fingerprint density at radius 3 is 2.62 bits per heavy atom. The molecule has 1 aliphatic heterocycles. The smallest absolute Gasteiger partial charge is 0.241 e. The van der Waals surface area contributed by atoms with Crippen LogP contribution < -0.4 is 21.5 Å². The van der Waals surface area contributed by atoms with Gasteiger partial charge in [0.1, 0.15) is 5.82 Å². The van der Waals surface area contributed by atoms with Crippen molar-refractivity contribution in [3.05, 3.63) is 29.0 Å². The first-order chi connectivity index (χ1) is 9.97. The third kappa shape index (κ3) is 4.18. The predicted octanol–water partition coefficient (Wildman–Crippen LogP) is 1.56. The molecule has 0 bridgehead atoms. The lowest BCUT2D eigenvalue weighted by atomic mass is 9.96. The minimum atomic E-state index is -0.347. The fourth-order valence-corrected chi connectivity index (χ4v) is 2.56. The van der Waals surface area contributed by atoms with Gasteiger partial charge in [0.15, 0.2) is 5.11 Å². The van der Waals surface area contributed by atoms with Gasteiger partial charge in [-0.2, -0.15) is 0 Å². The van der Waals surface area contributed by atoms with Crippen LogP contribution in [0.1, 0.15) is 12.8 Å². The van der Waals surface area contributed by atoms with Crippen molar-refractivity contribution in [1.82, 2.24) is 10.9 Å². The molecular formula is C13H16ClFN4OS. The van der Waals surface area contributed by atoms with Crippen LogP contribution >= 0.6 is 23.8 Å². The van der Waals surface area contributed by atoms with Crippen molar-refractivity contribution in [3.8, 4) is 0 Å². The molecule has 21 heavy (non-hydrogen) atoms. The van der Waals surface area contributed by atoms with Crippen LogP contribution in [0.3, 0.4) is 0 Å². The number of nitrogens with two attached hydrogens (primary N) is 1. The molecule has 1 heterocycles. The molecule has 1 fully saturated rings. The summed E-state index contributed by atoms with van der Waals surface area (Å²) in [5, 5.41) is 0.387. The molecule has 0 aliphatic carbocycles. The topological polar surface area (TPSA) is 70.4 Å². The van der Waals surface area contributed by atoms with E-state index in [4.69, 9.17) is 17.3 Å². The molecule has 0 radical (unpaired) electrons. The summed E-state index contributed by atoms with van der Waals surface area (Å²) in [6.07, 6.45) is 1.26. The highest BCUT2D eigenvalue weighted by Gasteiger charge is 2.26. The molecule has 0 unspecified atom stereocenters. The zero-order valence-electron chi connectivity index (χ0n) is 11.2. The van der Waals surface area contributed by atoms with Crippen molar-refractivity contribution >= 4 is 40.5 Å². The molecule has 5 nitrogen and oxygen atoms in total. The largest absolute Gasteiger partial charge is 0.375 e. The van der Waals surface area contributed by atoms with Gasteiger partial charge in [-0.1, -0.05) is 11.6 Å². The number of halogens is 2. The van der Waals surface area contributed by atoms with E-state index in [-0.39, 0.29) is 22.8 Å². The van der Waals surface area contributed by atoms with E-state index in [1.54, 1.807) is 12.1 Å². The van der Waals surface area contributed by atoms with Gasteiger partial charge in [-0.3, -0.25) is 15.6 Å². The maximum Gasteiger partial charge on any atom is 0.241 e. The van der Waals surface area contributed by atoms with Gasteiger partial charge in [0.2, 0.25) is 5.91 Å². The van der Waals surface area contributed by atoms with E-state index in [0.717, 1.165) is 0 Å². The monoisotopic (exact) mass is 330 g/mol. The Morgan fingerprint density at radius 1 is 1.38 bits per heavy atom. The first kappa shape index (κ1) is 15.8. The summed E-state index contributed by atoms with van der Waals surface area (Å²) in [6, 6.07) is 4.61. The van der Waals surface area contributed by atoms with Gasteiger partial charge in [0, 0.05) is 24.0 Å². The lowest BCUT2D eigenvalue weighted by molar-refractivity contribution is -0.126. The average molecular weight is 331 g/mol. The molecule has 8 heteroatoms. The number of nitrogens with one attached hydrogen (secondary N) is 2. The van der Waals surface area contributed by atoms with Crippen LogP contribution in [0.25, 0.3) is 0 Å². The standard InChI is InChI=1S/C13H16ClFN4OS/c14-9-1-2-11(10(15)7-9)19-5-3-8(4-6-19)12(20)17-18-13(16)21/h1-2,7-8H,3-6H2,(H,17,20)(H3,16,18,21). The number of thiocarbonyl (C=S) groups is 1. The van der Waals surface area contributed by atoms with Crippen molar-refractivity contribution in [2.45, 2.75) is 12.8 Å². The van der Waals surface area contributed by atoms with Crippen LogP contribution in [0.4, 0.5) is 10.1 Å². The fourth-order valence-electron chi connectivity index (χ4n) is 2.35. The van der Waals surface area contributed by atoms with Crippen LogP contribution in [-0.2, 0) is 4.79 Å². The summed E-state index contributed by atoms with van der Waals surface area (Å²) in [5.74, 6) is -0.641. The zero-order chi connectivity index (χ0) is 15.4. The number of hydrazine groups is 1. The van der Waals surface area contributed by atoms with E-state index < -0.39 is 0 Å². The summed E-state index contributed by atoms with van der Waals surface area (Å²) >= 11 is 10.4. The third-order valence-electron chi connectivity index (χ3n) is 3.43. The molecule has 0 atom stereocenters. The van der Waals surface area contributed by atoms with Gasteiger partial charge in [0.25, 0.3) is 0 Å². The molecular weight excluding hydrogens is 315 g/mol. The SMILES string of the molecule is NC(=S)NNC(=O)C1CCN(c2ccc(Cl)cc2F)CC1. The number of piperidine rings is 1. The van der Waals surface area contributed by atoms with Crippen molar-refractivity contribution in [2.24, 2.45) is 11.7 Å². The van der Waals surface area contributed by atoms with Crippen LogP contribution in [0.2, 0.25) is 5.02 Å². The highest BCUT2D eigenvalue weighted by atomic mass is 35.5. The summed E-state index contributed by atoms with van der Waals surface area (Å²) in [5.41, 5.74) is 10.6. The molecule has 0 saturated carbocycles. The molecule has 1 aliphatic rings. The van der Waals surface area contributed by atoms with Crippen LogP contribution in [-0.4, -0.2) is 24.1 Å². The number of carbonyl (C=O) groups is 1. The van der Waals surface area contributed by atoms with E-state index in [1.165, 1.54) is 6.07 Å². The quantitative estimate of drug-likeness (QED) is 0.567. The number of benzene rings is 1. The molecule has 1 aromatic carbocycles. The van der Waals surface area contributed by atoms with Gasteiger partial charge >= 0.3 is 0 Å². The first-order valence-electron chi connectivity index (χ1n) is 6.52. The molecule has 1 aromatic rings. The molecule has 2 rings (SSSR count). The van der Waals surface area contributed by atoms with E-state index >= 15 is 0 Å². The van der Waals surface area contributed by atoms with Gasteiger partial charge < -0.3 is 10.6 Å². The first-order valence-corrected chi connectivity index (χ1v) is 7.31. The van der Waals surface area contributed by atoms with Crippen molar-refractivity contribution in [3.63, 3.8) is 0 Å². The number of rotatable bonds is 2. The van der Waals surface area contributed by atoms with E-state index in [0.29, 0.717) is 36.6 Å². The van der Waals surface area contributed by atoms with Crippen LogP contribution in [0, 0.1) is 11.7 Å². The summed E-state index contributed by atoms with van der Waals surface area (Å²) in [6.45, 7) is 1.20. The van der Waals surface area contributed by atoms with Crippen LogP contribution in [0.15, 0.2) is 18.2 Å². The summed E-state index contributed by atoms with van der Waals surface area (Å²) in [4.78, 5) is 13.8. The molecule has 0 aromatic heterocycles. The number of nitrogens with zero attached hydrogens (tertiary/aromatic N) is 1. The zero-order valence-corrected chi connectivity index (χ0v) is 12.8. The second-order valence-corrected chi connectivity index (χ2v) is 5.71. The molecule has 1 saturated heterocycles. The van der Waals surface area contributed by atoms with Crippen LogP contribution in [0.5, 0.6) is 0 Å². The van der Waals surface area contributed by atoms with Gasteiger partial charge in [0.05, 0.1) is 5.69 Å². The van der Waals surface area contributed by atoms with Gasteiger partial charge in [-0.25, -0.2) is 4.39 Å². The fraction of sp³-hybridized carbons (Fsp3) is 0.385. The minimum Gasteiger partial charge on any atom is -0.375 e. The predicted molar refractivity (Wildman–Crippen MR) is 84.4 cm³/mol. The summed E-state index contributed by atoms with van der Waals surface area (Å²) < 4.78 is 13.9. The van der Waals surface area contributed by atoms with E-state index in [9.17, 15) is 9.18 Å². The van der Waals surface area contributed by atoms with E-state index in [2.05, 4.69) is 23.1 Å². The lowest BCUT2D eigenvalue weighted by Crippen LogP contribution is -2.49. The number of hydrogen-bond acceptors (Lipinski definition) is 3. The molecule has 0 spiro atoms. The molecule has 4 N–H and O–H groups in total. The number of anilines is 1. The second kappa shape index (κ2) is 6.91. The van der Waals surface area contributed by atoms with Gasteiger partial charge in [-0.15, -0.1) is 0 Å². The number of carbonyl (C=O) groups excluding carboxylic acids is 1. The number of hydrogen-bond donors (Lipinski definition) is 3. The van der Waals surface area contributed by atoms with Crippen molar-refractivity contribution in [2.75, 3.05) is 18.0 Å². The lowest BCUT2D eigenvalue weighted by Gasteiger charge is -2.33. The van der Waals surface area contributed by atoms with Crippen molar-refractivity contribution in [1.29, 1.82) is 0 Å². The third-order valence-corrected chi connectivity index (χ3v) is 3.76. The highest BCUT2D eigenvalue weighted by molar-refractivity contribution is 7.80. The Morgan fingerprint density at radius 2 is 2.05 bits per heavy atom.